The van der Waals surface area contributed by atoms with Crippen molar-refractivity contribution in [3.05, 3.63) is 42.1 Å². The van der Waals surface area contributed by atoms with Gasteiger partial charge in [-0.25, -0.2) is 9.78 Å². The molecule has 10 heteroatoms. The first-order valence-electron chi connectivity index (χ1n) is 11.4. The standard InChI is InChI=1S/C24H28N6O3S/c1-16-13-24(32-18-8-6-5-7-17(16)18)9-11-29(12-10-24)22-25-14-19(34-22)21-26-28-30(27-21)15-20(31)33-23(2,3)4/h5-8,13-14H,9-12,15H2,1-4H3. The molecule has 0 bridgehead atoms. The van der Waals surface area contributed by atoms with Crippen molar-refractivity contribution in [2.45, 2.75) is 58.3 Å². The summed E-state index contributed by atoms with van der Waals surface area (Å²) in [5, 5.41) is 13.3. The van der Waals surface area contributed by atoms with Gasteiger partial charge in [-0.2, -0.15) is 4.80 Å². The van der Waals surface area contributed by atoms with Gasteiger partial charge in [0, 0.05) is 31.5 Å². The van der Waals surface area contributed by atoms with Crippen LogP contribution in [0.5, 0.6) is 5.75 Å². The van der Waals surface area contributed by atoms with E-state index >= 15 is 0 Å². The molecule has 2 aliphatic heterocycles. The quantitative estimate of drug-likeness (QED) is 0.518. The zero-order chi connectivity index (χ0) is 23.9. The molecule has 2 aromatic heterocycles. The Kier molecular flexibility index (Phi) is 5.63. The highest BCUT2D eigenvalue weighted by molar-refractivity contribution is 7.18. The van der Waals surface area contributed by atoms with Crippen LogP contribution in [0.1, 0.15) is 46.1 Å². The Morgan fingerprint density at radius 2 is 2.00 bits per heavy atom. The molecule has 4 heterocycles. The minimum absolute atomic E-state index is 0.0831. The van der Waals surface area contributed by atoms with Crippen molar-refractivity contribution in [3.63, 3.8) is 0 Å². The molecule has 0 amide bonds. The number of benzene rings is 1. The summed E-state index contributed by atoms with van der Waals surface area (Å²) in [6.45, 7) is 9.23. The van der Waals surface area contributed by atoms with Gasteiger partial charge in [0.25, 0.3) is 0 Å². The number of hydrogen-bond donors (Lipinski definition) is 0. The largest absolute Gasteiger partial charge is 0.482 e. The van der Waals surface area contributed by atoms with Crippen molar-refractivity contribution < 1.29 is 14.3 Å². The molecule has 1 aromatic carbocycles. The predicted octanol–water partition coefficient (Wildman–Crippen LogP) is 3.97. The molecule has 34 heavy (non-hydrogen) atoms. The number of anilines is 1. The van der Waals surface area contributed by atoms with E-state index in [-0.39, 0.29) is 12.1 Å². The third-order valence-corrected chi connectivity index (χ3v) is 6.90. The molecule has 1 saturated heterocycles. The van der Waals surface area contributed by atoms with Crippen LogP contribution in [0.3, 0.4) is 0 Å². The molecule has 0 atom stereocenters. The van der Waals surface area contributed by atoms with Crippen molar-refractivity contribution in [2.75, 3.05) is 18.0 Å². The zero-order valence-corrected chi connectivity index (χ0v) is 20.6. The van der Waals surface area contributed by atoms with Gasteiger partial charge in [-0.05, 0) is 50.6 Å². The lowest BCUT2D eigenvalue weighted by atomic mass is 9.85. The highest BCUT2D eigenvalue weighted by atomic mass is 32.1. The fraction of sp³-hybridized carbons (Fsp3) is 0.458. The number of allylic oxidation sites excluding steroid dienone is 1. The van der Waals surface area contributed by atoms with E-state index in [0.717, 1.165) is 41.7 Å². The number of para-hydroxylation sites is 1. The van der Waals surface area contributed by atoms with Crippen LogP contribution in [-0.2, 0) is 16.1 Å². The van der Waals surface area contributed by atoms with E-state index in [1.165, 1.54) is 27.3 Å². The third-order valence-electron chi connectivity index (χ3n) is 5.84. The number of piperidine rings is 1. The van der Waals surface area contributed by atoms with Gasteiger partial charge in [-0.3, -0.25) is 0 Å². The molecular weight excluding hydrogens is 452 g/mol. The number of hydrogen-bond acceptors (Lipinski definition) is 9. The van der Waals surface area contributed by atoms with Gasteiger partial charge < -0.3 is 14.4 Å². The van der Waals surface area contributed by atoms with Gasteiger partial charge in [-0.15, -0.1) is 10.2 Å². The SMILES string of the molecule is CC1=CC2(CCN(c3ncc(-c4nnn(CC(=O)OC(C)(C)C)n4)s3)CC2)Oc2ccccc21. The molecule has 5 rings (SSSR count). The van der Waals surface area contributed by atoms with Crippen LogP contribution in [0, 0.1) is 0 Å². The average Bonchev–Trinajstić information content (AvgIpc) is 3.43. The van der Waals surface area contributed by atoms with E-state index in [1.54, 1.807) is 6.20 Å². The van der Waals surface area contributed by atoms with Crippen LogP contribution in [0.4, 0.5) is 5.13 Å². The number of nitrogens with zero attached hydrogens (tertiary/aromatic N) is 6. The lowest BCUT2D eigenvalue weighted by Crippen LogP contribution is -2.48. The van der Waals surface area contributed by atoms with Gasteiger partial charge in [0.1, 0.15) is 17.0 Å². The molecular formula is C24H28N6O3S. The number of carbonyl (C=O) groups excluding carboxylic acids is 1. The summed E-state index contributed by atoms with van der Waals surface area (Å²) in [6.07, 6.45) is 5.82. The van der Waals surface area contributed by atoms with Gasteiger partial charge in [-0.1, -0.05) is 29.5 Å². The molecule has 0 radical (unpaired) electrons. The number of thiazole rings is 1. The van der Waals surface area contributed by atoms with E-state index in [9.17, 15) is 4.79 Å². The first-order chi connectivity index (χ1) is 16.2. The topological polar surface area (TPSA) is 95.3 Å². The number of rotatable bonds is 4. The fourth-order valence-corrected chi connectivity index (χ4v) is 5.23. The summed E-state index contributed by atoms with van der Waals surface area (Å²) in [7, 11) is 0. The number of esters is 1. The Morgan fingerprint density at radius 1 is 1.24 bits per heavy atom. The minimum atomic E-state index is -0.555. The van der Waals surface area contributed by atoms with Crippen LogP contribution in [-0.4, -0.2) is 55.5 Å². The number of fused-ring (bicyclic) bond motifs is 1. The molecule has 1 fully saturated rings. The second kappa shape index (κ2) is 8.50. The highest BCUT2D eigenvalue weighted by Crippen LogP contribution is 2.41. The molecule has 3 aromatic rings. The van der Waals surface area contributed by atoms with Crippen LogP contribution < -0.4 is 9.64 Å². The second-order valence-corrected chi connectivity index (χ2v) is 10.7. The van der Waals surface area contributed by atoms with Crippen molar-refractivity contribution >= 4 is 28.0 Å². The average molecular weight is 481 g/mol. The lowest BCUT2D eigenvalue weighted by molar-refractivity contribution is -0.156. The molecule has 0 unspecified atom stereocenters. The number of aromatic nitrogens is 5. The van der Waals surface area contributed by atoms with E-state index in [0.29, 0.717) is 5.82 Å². The van der Waals surface area contributed by atoms with Crippen molar-refractivity contribution in [1.82, 2.24) is 25.2 Å². The summed E-state index contributed by atoms with van der Waals surface area (Å²) in [4.78, 5) is 21.0. The van der Waals surface area contributed by atoms with Crippen molar-refractivity contribution in [3.8, 4) is 16.5 Å². The van der Waals surface area contributed by atoms with Crippen LogP contribution >= 0.6 is 11.3 Å². The van der Waals surface area contributed by atoms with E-state index in [1.807, 2.05) is 32.9 Å². The van der Waals surface area contributed by atoms with Gasteiger partial charge in [0.15, 0.2) is 11.7 Å². The summed E-state index contributed by atoms with van der Waals surface area (Å²) < 4.78 is 11.8. The Bertz CT molecular complexity index is 1230. The molecule has 9 nitrogen and oxygen atoms in total. The molecule has 0 N–H and O–H groups in total. The van der Waals surface area contributed by atoms with Crippen LogP contribution in [0.15, 0.2) is 36.5 Å². The monoisotopic (exact) mass is 480 g/mol. The van der Waals surface area contributed by atoms with E-state index in [4.69, 9.17) is 9.47 Å². The van der Waals surface area contributed by atoms with Crippen LogP contribution in [0.2, 0.25) is 0 Å². The molecule has 1 spiro atoms. The Labute approximate surface area is 202 Å². The van der Waals surface area contributed by atoms with Crippen molar-refractivity contribution in [1.29, 1.82) is 0 Å². The summed E-state index contributed by atoms with van der Waals surface area (Å²) in [5.41, 5.74) is 1.63. The first kappa shape index (κ1) is 22.5. The van der Waals surface area contributed by atoms with E-state index < -0.39 is 11.6 Å². The third kappa shape index (κ3) is 4.68. The Hall–Kier alpha value is -3.27. The van der Waals surface area contributed by atoms with Gasteiger partial charge in [0.2, 0.25) is 5.82 Å². The maximum Gasteiger partial charge on any atom is 0.330 e. The first-order valence-corrected chi connectivity index (χ1v) is 12.2. The molecule has 0 saturated carbocycles. The summed E-state index contributed by atoms with van der Waals surface area (Å²) in [5.74, 6) is 1.01. The van der Waals surface area contributed by atoms with Gasteiger partial charge >= 0.3 is 5.97 Å². The zero-order valence-electron chi connectivity index (χ0n) is 19.8. The summed E-state index contributed by atoms with van der Waals surface area (Å²) in [6, 6.07) is 8.23. The highest BCUT2D eigenvalue weighted by Gasteiger charge is 2.38. The lowest BCUT2D eigenvalue weighted by Gasteiger charge is -2.42. The summed E-state index contributed by atoms with van der Waals surface area (Å²) >= 11 is 1.52. The maximum atomic E-state index is 12.0. The number of ether oxygens (including phenoxy) is 2. The second-order valence-electron chi connectivity index (χ2n) is 9.71. The fourth-order valence-electron chi connectivity index (χ4n) is 4.34. The number of carbonyl (C=O) groups is 1. The Balaban J connectivity index is 1.23. The minimum Gasteiger partial charge on any atom is -0.482 e. The normalized spacial score (nSPS) is 17.2. The molecule has 178 valence electrons. The van der Waals surface area contributed by atoms with Crippen molar-refractivity contribution in [2.24, 2.45) is 0 Å². The molecule has 0 aliphatic carbocycles. The Morgan fingerprint density at radius 3 is 2.76 bits per heavy atom. The number of tetrazole rings is 1. The molecule has 2 aliphatic rings. The van der Waals surface area contributed by atoms with Crippen LogP contribution in [0.25, 0.3) is 16.3 Å². The maximum absolute atomic E-state index is 12.0. The smallest absolute Gasteiger partial charge is 0.330 e. The van der Waals surface area contributed by atoms with E-state index in [2.05, 4.69) is 50.4 Å². The predicted molar refractivity (Wildman–Crippen MR) is 130 cm³/mol. The van der Waals surface area contributed by atoms with Gasteiger partial charge in [0.05, 0.1) is 11.1 Å².